The highest BCUT2D eigenvalue weighted by atomic mass is 16.5. The number of benzene rings is 3. The molecule has 5 heteroatoms. The van der Waals surface area contributed by atoms with Gasteiger partial charge < -0.3 is 9.47 Å². The van der Waals surface area contributed by atoms with Gasteiger partial charge in [0, 0.05) is 17.0 Å². The number of nitrogens with zero attached hydrogens (tertiary/aromatic N) is 1. The van der Waals surface area contributed by atoms with Gasteiger partial charge in [-0.2, -0.15) is 0 Å². The van der Waals surface area contributed by atoms with E-state index in [0.717, 1.165) is 16.7 Å². The third-order valence-electron chi connectivity index (χ3n) is 5.11. The minimum Gasteiger partial charge on any atom is -0.469 e. The highest BCUT2D eigenvalue weighted by Crippen LogP contribution is 2.29. The lowest BCUT2D eigenvalue weighted by Gasteiger charge is -2.24. The van der Waals surface area contributed by atoms with Crippen LogP contribution in [0, 0.1) is 0 Å². The SMILES string of the molecule is CCOC(=O)[C@@H](N=C(c1ccccc1)c1ccccc1)C(CC(=O)OC)c1ccccc1. The maximum Gasteiger partial charge on any atom is 0.331 e. The van der Waals surface area contributed by atoms with Crippen molar-refractivity contribution in [3.63, 3.8) is 0 Å². The Bertz CT molecular complexity index is 992. The maximum absolute atomic E-state index is 13.1. The van der Waals surface area contributed by atoms with Crippen LogP contribution < -0.4 is 0 Å². The molecule has 5 nitrogen and oxygen atoms in total. The summed E-state index contributed by atoms with van der Waals surface area (Å²) in [7, 11) is 1.34. The van der Waals surface area contributed by atoms with E-state index in [-0.39, 0.29) is 13.0 Å². The number of ether oxygens (including phenoxy) is 2. The van der Waals surface area contributed by atoms with Gasteiger partial charge in [-0.1, -0.05) is 91.0 Å². The summed E-state index contributed by atoms with van der Waals surface area (Å²) in [5, 5.41) is 0. The van der Waals surface area contributed by atoms with E-state index in [0.29, 0.717) is 5.71 Å². The van der Waals surface area contributed by atoms with Gasteiger partial charge in [0.05, 0.1) is 25.8 Å². The molecular formula is C27H27NO4. The number of rotatable bonds is 9. The first-order valence-electron chi connectivity index (χ1n) is 10.6. The van der Waals surface area contributed by atoms with Crippen molar-refractivity contribution in [1.29, 1.82) is 0 Å². The lowest BCUT2D eigenvalue weighted by Crippen LogP contribution is -2.32. The molecule has 0 aliphatic carbocycles. The molecule has 1 unspecified atom stereocenters. The molecule has 0 aliphatic rings. The summed E-state index contributed by atoms with van der Waals surface area (Å²) >= 11 is 0. The number of aliphatic imine (C=N–C) groups is 1. The molecule has 0 radical (unpaired) electrons. The number of hydrogen-bond donors (Lipinski definition) is 0. The zero-order valence-electron chi connectivity index (χ0n) is 18.3. The molecule has 3 aromatic rings. The van der Waals surface area contributed by atoms with Gasteiger partial charge in [-0.25, -0.2) is 4.79 Å². The summed E-state index contributed by atoms with van der Waals surface area (Å²) < 4.78 is 10.3. The van der Waals surface area contributed by atoms with E-state index in [1.165, 1.54) is 7.11 Å². The molecular weight excluding hydrogens is 402 g/mol. The molecule has 0 saturated heterocycles. The molecule has 2 atom stereocenters. The summed E-state index contributed by atoms with van der Waals surface area (Å²) in [6.45, 7) is 1.97. The molecule has 0 heterocycles. The van der Waals surface area contributed by atoms with E-state index < -0.39 is 23.9 Å². The molecule has 0 saturated carbocycles. The minimum atomic E-state index is -0.924. The zero-order valence-corrected chi connectivity index (χ0v) is 18.3. The predicted octanol–water partition coefficient (Wildman–Crippen LogP) is 4.80. The third-order valence-corrected chi connectivity index (χ3v) is 5.11. The van der Waals surface area contributed by atoms with Crippen molar-refractivity contribution >= 4 is 17.7 Å². The van der Waals surface area contributed by atoms with Crippen LogP contribution in [0.3, 0.4) is 0 Å². The van der Waals surface area contributed by atoms with E-state index in [1.54, 1.807) is 6.92 Å². The van der Waals surface area contributed by atoms with Crippen LogP contribution in [0.4, 0.5) is 0 Å². The van der Waals surface area contributed by atoms with Gasteiger partial charge in [0.25, 0.3) is 0 Å². The first kappa shape index (κ1) is 22.9. The predicted molar refractivity (Wildman–Crippen MR) is 125 cm³/mol. The second kappa shape index (κ2) is 11.6. The molecule has 0 amide bonds. The third kappa shape index (κ3) is 5.91. The van der Waals surface area contributed by atoms with Crippen molar-refractivity contribution in [2.75, 3.05) is 13.7 Å². The van der Waals surface area contributed by atoms with Gasteiger partial charge in [-0.05, 0) is 12.5 Å². The van der Waals surface area contributed by atoms with Crippen LogP contribution in [-0.4, -0.2) is 37.4 Å². The number of carbonyl (C=O) groups is 2. The molecule has 0 spiro atoms. The molecule has 164 valence electrons. The molecule has 0 bridgehead atoms. The topological polar surface area (TPSA) is 65.0 Å². The van der Waals surface area contributed by atoms with Gasteiger partial charge in [0.15, 0.2) is 6.04 Å². The molecule has 0 aromatic heterocycles. The Balaban J connectivity index is 2.17. The zero-order chi connectivity index (χ0) is 22.8. The average molecular weight is 430 g/mol. The molecule has 3 aromatic carbocycles. The Morgan fingerprint density at radius 2 is 1.31 bits per heavy atom. The van der Waals surface area contributed by atoms with Crippen LogP contribution in [0.25, 0.3) is 0 Å². The van der Waals surface area contributed by atoms with Crippen LogP contribution in [-0.2, 0) is 19.1 Å². The first-order valence-corrected chi connectivity index (χ1v) is 10.6. The normalized spacial score (nSPS) is 12.3. The number of methoxy groups -OCH3 is 1. The van der Waals surface area contributed by atoms with E-state index in [2.05, 4.69) is 0 Å². The van der Waals surface area contributed by atoms with Crippen LogP contribution in [0.5, 0.6) is 0 Å². The Hall–Kier alpha value is -3.73. The van der Waals surface area contributed by atoms with Gasteiger partial charge in [0.1, 0.15) is 0 Å². The van der Waals surface area contributed by atoms with Gasteiger partial charge in [0.2, 0.25) is 0 Å². The van der Waals surface area contributed by atoms with Gasteiger partial charge in [-0.3, -0.25) is 9.79 Å². The monoisotopic (exact) mass is 429 g/mol. The largest absolute Gasteiger partial charge is 0.469 e. The molecule has 0 N–H and O–H groups in total. The Kier molecular flexibility index (Phi) is 8.32. The quantitative estimate of drug-likeness (QED) is 0.362. The maximum atomic E-state index is 13.1. The molecule has 3 rings (SSSR count). The van der Waals surface area contributed by atoms with Crippen molar-refractivity contribution in [2.45, 2.75) is 25.3 Å². The van der Waals surface area contributed by atoms with Crippen molar-refractivity contribution in [3.05, 3.63) is 108 Å². The number of carbonyl (C=O) groups excluding carboxylic acids is 2. The Labute approximate surface area is 188 Å². The fraction of sp³-hybridized carbons (Fsp3) is 0.222. The summed E-state index contributed by atoms with van der Waals surface area (Å²) in [6, 6.07) is 27.9. The Morgan fingerprint density at radius 1 is 0.812 bits per heavy atom. The first-order chi connectivity index (χ1) is 15.6. The van der Waals surface area contributed by atoms with Crippen LogP contribution in [0.15, 0.2) is 96.0 Å². The van der Waals surface area contributed by atoms with E-state index in [1.807, 2.05) is 91.0 Å². The summed E-state index contributed by atoms with van der Waals surface area (Å²) in [6.07, 6.45) is 0.00432. The highest BCUT2D eigenvalue weighted by Gasteiger charge is 2.33. The van der Waals surface area contributed by atoms with E-state index in [4.69, 9.17) is 14.5 Å². The van der Waals surface area contributed by atoms with Crippen LogP contribution in [0.2, 0.25) is 0 Å². The number of esters is 2. The standard InChI is InChI=1S/C27H27NO4/c1-3-32-27(30)26(23(19-24(29)31-2)20-13-7-4-8-14-20)28-25(21-15-9-5-10-16-21)22-17-11-6-12-18-22/h4-18,23,26H,3,19H2,1-2H3/t23?,26-/m0/s1. The molecule has 0 fully saturated rings. The fourth-order valence-corrected chi connectivity index (χ4v) is 3.56. The lowest BCUT2D eigenvalue weighted by atomic mass is 9.88. The lowest BCUT2D eigenvalue weighted by molar-refractivity contribution is -0.146. The second-order valence-electron chi connectivity index (χ2n) is 7.20. The summed E-state index contributed by atoms with van der Waals surface area (Å²) in [5.41, 5.74) is 3.23. The van der Waals surface area contributed by atoms with Gasteiger partial charge >= 0.3 is 11.9 Å². The van der Waals surface area contributed by atoms with Crippen molar-refractivity contribution < 1.29 is 19.1 Å². The molecule has 0 aliphatic heterocycles. The second-order valence-corrected chi connectivity index (χ2v) is 7.20. The smallest absolute Gasteiger partial charge is 0.331 e. The van der Waals surface area contributed by atoms with Crippen molar-refractivity contribution in [1.82, 2.24) is 0 Å². The average Bonchev–Trinajstić information content (AvgIpc) is 2.85. The van der Waals surface area contributed by atoms with Gasteiger partial charge in [-0.15, -0.1) is 0 Å². The van der Waals surface area contributed by atoms with Crippen molar-refractivity contribution in [2.24, 2.45) is 4.99 Å². The van der Waals surface area contributed by atoms with E-state index in [9.17, 15) is 9.59 Å². The summed E-state index contributed by atoms with van der Waals surface area (Å²) in [4.78, 5) is 30.4. The minimum absolute atomic E-state index is 0.00432. The van der Waals surface area contributed by atoms with Crippen molar-refractivity contribution in [3.8, 4) is 0 Å². The highest BCUT2D eigenvalue weighted by molar-refractivity contribution is 6.13. The number of hydrogen-bond acceptors (Lipinski definition) is 5. The van der Waals surface area contributed by atoms with Crippen LogP contribution in [0.1, 0.15) is 36.0 Å². The van der Waals surface area contributed by atoms with Crippen LogP contribution >= 0.6 is 0 Å². The Morgan fingerprint density at radius 3 is 1.78 bits per heavy atom. The fourth-order valence-electron chi connectivity index (χ4n) is 3.56. The molecule has 32 heavy (non-hydrogen) atoms. The summed E-state index contributed by atoms with van der Waals surface area (Å²) in [5.74, 6) is -1.43. The van der Waals surface area contributed by atoms with E-state index >= 15 is 0 Å².